The van der Waals surface area contributed by atoms with Crippen LogP contribution in [0.25, 0.3) is 0 Å². The second kappa shape index (κ2) is 5.78. The highest BCUT2D eigenvalue weighted by Gasteiger charge is 2.20. The molecule has 0 amide bonds. The van der Waals surface area contributed by atoms with E-state index in [-0.39, 0.29) is 10.6 Å². The molecule has 94 valence electrons. The molecule has 18 heavy (non-hydrogen) atoms. The number of para-hydroxylation sites is 1. The molecule has 6 nitrogen and oxygen atoms in total. The molecule has 2 aromatic rings. The van der Waals surface area contributed by atoms with E-state index in [1.165, 1.54) is 23.1 Å². The van der Waals surface area contributed by atoms with Crippen molar-refractivity contribution in [3.63, 3.8) is 0 Å². The molecule has 0 radical (unpaired) electrons. The van der Waals surface area contributed by atoms with Crippen LogP contribution in [-0.2, 0) is 0 Å². The maximum atomic E-state index is 11.2. The van der Waals surface area contributed by atoms with E-state index in [4.69, 9.17) is 0 Å². The van der Waals surface area contributed by atoms with Crippen LogP contribution in [0.15, 0.2) is 32.9 Å². The molecule has 8 heteroatoms. The largest absolute Gasteiger partial charge is 0.380 e. The Balaban J connectivity index is 2.39. The molecule has 1 aromatic heterocycles. The van der Waals surface area contributed by atoms with Crippen LogP contribution in [0.1, 0.15) is 6.92 Å². The van der Waals surface area contributed by atoms with E-state index < -0.39 is 0 Å². The van der Waals surface area contributed by atoms with Crippen molar-refractivity contribution >= 4 is 34.5 Å². The van der Waals surface area contributed by atoms with Gasteiger partial charge in [-0.25, -0.2) is 0 Å². The lowest BCUT2D eigenvalue weighted by Crippen LogP contribution is -2.02. The number of hydrogen-bond acceptors (Lipinski definition) is 7. The van der Waals surface area contributed by atoms with Crippen LogP contribution >= 0.6 is 23.1 Å². The van der Waals surface area contributed by atoms with E-state index in [0.717, 1.165) is 0 Å². The van der Waals surface area contributed by atoms with Gasteiger partial charge in [0.2, 0.25) is 0 Å². The first kappa shape index (κ1) is 12.8. The van der Waals surface area contributed by atoms with E-state index in [2.05, 4.69) is 15.5 Å². The first-order chi connectivity index (χ1) is 8.72. The summed E-state index contributed by atoms with van der Waals surface area (Å²) in [6, 6.07) is 5.20. The van der Waals surface area contributed by atoms with Gasteiger partial charge in [-0.15, -0.1) is 10.2 Å². The Bertz CT molecular complexity index is 545. The number of rotatable bonds is 5. The van der Waals surface area contributed by atoms with Crippen LogP contribution in [0.4, 0.5) is 11.4 Å². The highest BCUT2D eigenvalue weighted by Crippen LogP contribution is 2.39. The summed E-state index contributed by atoms with van der Waals surface area (Å²) < 4.78 is 0.687. The maximum Gasteiger partial charge on any atom is 0.306 e. The molecular weight excluding hydrogens is 272 g/mol. The van der Waals surface area contributed by atoms with E-state index in [1.54, 1.807) is 23.7 Å². The predicted molar refractivity (Wildman–Crippen MR) is 71.3 cm³/mol. The number of nitro groups is 1. The number of nitrogens with zero attached hydrogens (tertiary/aromatic N) is 3. The van der Waals surface area contributed by atoms with Crippen molar-refractivity contribution in [3.05, 3.63) is 33.8 Å². The van der Waals surface area contributed by atoms with Gasteiger partial charge >= 0.3 is 5.69 Å². The molecule has 1 heterocycles. The van der Waals surface area contributed by atoms with Gasteiger partial charge in [-0.2, -0.15) is 0 Å². The summed E-state index contributed by atoms with van der Waals surface area (Å²) in [6.45, 7) is 2.53. The second-order valence-corrected chi connectivity index (χ2v) is 5.37. The topological polar surface area (TPSA) is 81.0 Å². The Morgan fingerprint density at radius 1 is 1.56 bits per heavy atom. The Morgan fingerprint density at radius 2 is 2.39 bits per heavy atom. The van der Waals surface area contributed by atoms with Gasteiger partial charge in [0, 0.05) is 6.54 Å². The van der Waals surface area contributed by atoms with Gasteiger partial charge < -0.3 is 5.32 Å². The molecule has 0 fully saturated rings. The molecular formula is C10H10N4O2S2. The average Bonchev–Trinajstić information content (AvgIpc) is 2.82. The number of nitro benzene ring substituents is 1. The van der Waals surface area contributed by atoms with Crippen LogP contribution in [0.2, 0.25) is 0 Å². The number of aromatic nitrogens is 2. The van der Waals surface area contributed by atoms with E-state index in [9.17, 15) is 10.1 Å². The van der Waals surface area contributed by atoms with Gasteiger partial charge in [-0.05, 0) is 30.8 Å². The zero-order valence-electron chi connectivity index (χ0n) is 9.49. The zero-order valence-corrected chi connectivity index (χ0v) is 11.1. The van der Waals surface area contributed by atoms with Gasteiger partial charge in [0.25, 0.3) is 0 Å². The summed E-state index contributed by atoms with van der Waals surface area (Å²) in [4.78, 5) is 11.4. The quantitative estimate of drug-likeness (QED) is 0.670. The molecule has 0 spiro atoms. The standard InChI is InChI=1S/C10H10N4O2S2/c1-2-11-7-4-3-5-8(9(7)14(15)16)18-10-13-12-6-17-10/h3-6,11H,2H2,1H3. The summed E-state index contributed by atoms with van der Waals surface area (Å²) in [5.74, 6) is 0. The highest BCUT2D eigenvalue weighted by molar-refractivity contribution is 8.01. The van der Waals surface area contributed by atoms with Crippen LogP contribution in [0.3, 0.4) is 0 Å². The van der Waals surface area contributed by atoms with Gasteiger partial charge in [0.05, 0.1) is 9.82 Å². The van der Waals surface area contributed by atoms with Crippen molar-refractivity contribution < 1.29 is 4.92 Å². The fourth-order valence-corrected chi connectivity index (χ4v) is 3.00. The first-order valence-corrected chi connectivity index (χ1v) is 6.87. The summed E-state index contributed by atoms with van der Waals surface area (Å²) in [7, 11) is 0. The van der Waals surface area contributed by atoms with E-state index in [0.29, 0.717) is 21.5 Å². The molecule has 2 rings (SSSR count). The Hall–Kier alpha value is -1.67. The number of anilines is 1. The Morgan fingerprint density at radius 3 is 3.00 bits per heavy atom. The molecule has 0 saturated carbocycles. The van der Waals surface area contributed by atoms with Crippen molar-refractivity contribution in [1.29, 1.82) is 0 Å². The van der Waals surface area contributed by atoms with Gasteiger partial charge in [-0.1, -0.05) is 17.4 Å². The molecule has 0 aliphatic rings. The second-order valence-electron chi connectivity index (χ2n) is 3.25. The van der Waals surface area contributed by atoms with E-state index >= 15 is 0 Å². The minimum atomic E-state index is -0.374. The minimum absolute atomic E-state index is 0.0829. The SMILES string of the molecule is CCNc1cccc(Sc2nncs2)c1[N+](=O)[O-]. The summed E-state index contributed by atoms with van der Waals surface area (Å²) in [5, 5.41) is 21.7. The third-order valence-electron chi connectivity index (χ3n) is 2.09. The molecule has 0 aliphatic carbocycles. The van der Waals surface area contributed by atoms with Crippen molar-refractivity contribution in [3.8, 4) is 0 Å². The van der Waals surface area contributed by atoms with E-state index in [1.807, 2.05) is 6.92 Å². The lowest BCUT2D eigenvalue weighted by Gasteiger charge is -2.07. The fraction of sp³-hybridized carbons (Fsp3) is 0.200. The van der Waals surface area contributed by atoms with Crippen LogP contribution in [-0.4, -0.2) is 21.7 Å². The smallest absolute Gasteiger partial charge is 0.306 e. The number of hydrogen-bond donors (Lipinski definition) is 1. The van der Waals surface area contributed by atoms with Crippen molar-refractivity contribution in [2.45, 2.75) is 16.2 Å². The molecule has 0 unspecified atom stereocenters. The lowest BCUT2D eigenvalue weighted by molar-refractivity contribution is -0.386. The minimum Gasteiger partial charge on any atom is -0.380 e. The molecule has 0 aliphatic heterocycles. The molecule has 1 aromatic carbocycles. The highest BCUT2D eigenvalue weighted by atomic mass is 32.2. The zero-order chi connectivity index (χ0) is 13.0. The van der Waals surface area contributed by atoms with Crippen LogP contribution < -0.4 is 5.32 Å². The maximum absolute atomic E-state index is 11.2. The monoisotopic (exact) mass is 282 g/mol. The summed E-state index contributed by atoms with van der Waals surface area (Å²) in [5.41, 5.74) is 2.21. The Kier molecular flexibility index (Phi) is 4.11. The number of nitrogens with one attached hydrogen (secondary N) is 1. The van der Waals surface area contributed by atoms with Crippen molar-refractivity contribution in [2.75, 3.05) is 11.9 Å². The molecule has 1 N–H and O–H groups in total. The van der Waals surface area contributed by atoms with Gasteiger partial charge in [0.15, 0.2) is 4.34 Å². The summed E-state index contributed by atoms with van der Waals surface area (Å²) in [6.07, 6.45) is 0. The normalized spacial score (nSPS) is 10.3. The van der Waals surface area contributed by atoms with Crippen LogP contribution in [0.5, 0.6) is 0 Å². The summed E-state index contributed by atoms with van der Waals surface area (Å²) >= 11 is 2.61. The van der Waals surface area contributed by atoms with Crippen molar-refractivity contribution in [1.82, 2.24) is 10.2 Å². The van der Waals surface area contributed by atoms with Crippen molar-refractivity contribution in [2.24, 2.45) is 0 Å². The fourth-order valence-electron chi connectivity index (χ4n) is 1.43. The molecule has 0 atom stereocenters. The third kappa shape index (κ3) is 2.77. The van der Waals surface area contributed by atoms with Crippen LogP contribution in [0, 0.1) is 10.1 Å². The molecule has 0 bridgehead atoms. The van der Waals surface area contributed by atoms with Gasteiger partial charge in [-0.3, -0.25) is 10.1 Å². The Labute approximate surface area is 112 Å². The third-order valence-corrected chi connectivity index (χ3v) is 3.91. The molecule has 0 saturated heterocycles. The predicted octanol–water partition coefficient (Wildman–Crippen LogP) is 3.03. The number of benzene rings is 1. The van der Waals surface area contributed by atoms with Gasteiger partial charge in [0.1, 0.15) is 11.2 Å². The lowest BCUT2D eigenvalue weighted by atomic mass is 10.2. The first-order valence-electron chi connectivity index (χ1n) is 5.17. The average molecular weight is 282 g/mol.